The van der Waals surface area contributed by atoms with Crippen LogP contribution in [0.1, 0.15) is 21.5 Å². The van der Waals surface area contributed by atoms with E-state index in [1.165, 1.54) is 43.0 Å². The van der Waals surface area contributed by atoms with Crippen molar-refractivity contribution in [2.75, 3.05) is 21.3 Å². The van der Waals surface area contributed by atoms with Crippen molar-refractivity contribution in [2.24, 2.45) is 4.99 Å². The highest BCUT2D eigenvalue weighted by atomic mass is 127. The summed E-state index contributed by atoms with van der Waals surface area (Å²) in [6.07, 6.45) is 1.76. The fourth-order valence-corrected chi connectivity index (χ4v) is 5.30. The lowest BCUT2D eigenvalue weighted by molar-refractivity contribution is -0.384. The highest BCUT2D eigenvalue weighted by molar-refractivity contribution is 14.1. The average molecular weight is 659 g/mol. The molecule has 3 aromatic carbocycles. The number of nitro benzene ring substituents is 1. The van der Waals surface area contributed by atoms with Gasteiger partial charge in [0.15, 0.2) is 16.7 Å². The summed E-state index contributed by atoms with van der Waals surface area (Å²) in [7, 11) is 4.50. The molecule has 0 radical (unpaired) electrons. The Hall–Kier alpha value is -3.91. The predicted octanol–water partition coefficient (Wildman–Crippen LogP) is 5.81. The third-order valence-electron chi connectivity index (χ3n) is 5.60. The SMILES string of the molecule is COC(=O)c1ccc(N=C2S/C(=C\c3cc(I)c(OCc4ccc([N+](=O)[O-])cc4)c(OC)c3)C(=O)N2C)cc1. The van der Waals surface area contributed by atoms with Gasteiger partial charge in [-0.15, -0.1) is 0 Å². The second kappa shape index (κ2) is 12.3. The largest absolute Gasteiger partial charge is 0.493 e. The average Bonchev–Trinajstić information content (AvgIpc) is 3.19. The maximum absolute atomic E-state index is 12.9. The highest BCUT2D eigenvalue weighted by Crippen LogP contribution is 2.38. The third kappa shape index (κ3) is 6.57. The Balaban J connectivity index is 1.52. The fraction of sp³-hybridized carbons (Fsp3) is 0.148. The molecule has 39 heavy (non-hydrogen) atoms. The molecule has 0 atom stereocenters. The van der Waals surface area contributed by atoms with Gasteiger partial charge in [0.1, 0.15) is 6.61 Å². The Kier molecular flexibility index (Phi) is 8.86. The lowest BCUT2D eigenvalue weighted by Crippen LogP contribution is -2.23. The van der Waals surface area contributed by atoms with Crippen molar-refractivity contribution in [3.05, 3.63) is 95.9 Å². The van der Waals surface area contributed by atoms with E-state index in [1.54, 1.807) is 55.6 Å². The van der Waals surface area contributed by atoms with Gasteiger partial charge in [0.2, 0.25) is 0 Å². The molecule has 1 fully saturated rings. The molecule has 0 bridgehead atoms. The van der Waals surface area contributed by atoms with Crippen LogP contribution in [0.2, 0.25) is 0 Å². The molecule has 4 rings (SSSR count). The number of rotatable bonds is 8. The fourth-order valence-electron chi connectivity index (χ4n) is 3.54. The molecule has 1 aliphatic heterocycles. The zero-order valence-corrected chi connectivity index (χ0v) is 24.0. The van der Waals surface area contributed by atoms with Crippen molar-refractivity contribution >= 4 is 68.8 Å². The number of thioether (sulfide) groups is 1. The summed E-state index contributed by atoms with van der Waals surface area (Å²) in [6, 6.07) is 16.4. The van der Waals surface area contributed by atoms with Gasteiger partial charge in [0, 0.05) is 19.2 Å². The molecular weight excluding hydrogens is 637 g/mol. The van der Waals surface area contributed by atoms with Crippen molar-refractivity contribution in [2.45, 2.75) is 6.61 Å². The van der Waals surface area contributed by atoms with Crippen LogP contribution in [0.4, 0.5) is 11.4 Å². The van der Waals surface area contributed by atoms with Gasteiger partial charge in [-0.2, -0.15) is 0 Å². The number of esters is 1. The van der Waals surface area contributed by atoms with Crippen molar-refractivity contribution in [3.63, 3.8) is 0 Å². The Morgan fingerprint density at radius 3 is 2.44 bits per heavy atom. The lowest BCUT2D eigenvalue weighted by atomic mass is 10.1. The molecule has 200 valence electrons. The first-order valence-electron chi connectivity index (χ1n) is 11.4. The summed E-state index contributed by atoms with van der Waals surface area (Å²) in [5, 5.41) is 11.4. The van der Waals surface area contributed by atoms with E-state index in [-0.39, 0.29) is 18.2 Å². The van der Waals surface area contributed by atoms with E-state index in [1.807, 2.05) is 6.07 Å². The monoisotopic (exact) mass is 659 g/mol. The van der Waals surface area contributed by atoms with Gasteiger partial charge in [-0.25, -0.2) is 9.79 Å². The number of amidine groups is 1. The quantitative estimate of drug-likeness (QED) is 0.0978. The molecule has 12 heteroatoms. The number of halogens is 1. The van der Waals surface area contributed by atoms with Crippen LogP contribution < -0.4 is 9.47 Å². The second-order valence-corrected chi connectivity index (χ2v) is 10.3. The summed E-state index contributed by atoms with van der Waals surface area (Å²) in [4.78, 5) is 41.5. The first-order chi connectivity index (χ1) is 18.7. The molecule has 0 aromatic heterocycles. The highest BCUT2D eigenvalue weighted by Gasteiger charge is 2.30. The molecule has 1 heterocycles. The first-order valence-corrected chi connectivity index (χ1v) is 13.3. The maximum atomic E-state index is 12.9. The van der Waals surface area contributed by atoms with Gasteiger partial charge in [0.25, 0.3) is 11.6 Å². The molecule has 1 amide bonds. The second-order valence-electron chi connectivity index (χ2n) is 8.15. The smallest absolute Gasteiger partial charge is 0.337 e. The van der Waals surface area contributed by atoms with E-state index in [4.69, 9.17) is 14.2 Å². The third-order valence-corrected chi connectivity index (χ3v) is 7.46. The number of amides is 1. The molecule has 0 aliphatic carbocycles. The van der Waals surface area contributed by atoms with Crippen LogP contribution in [0, 0.1) is 13.7 Å². The minimum atomic E-state index is -0.451. The molecule has 1 saturated heterocycles. The number of hydrogen-bond acceptors (Lipinski definition) is 9. The van der Waals surface area contributed by atoms with E-state index < -0.39 is 10.9 Å². The number of ether oxygens (including phenoxy) is 3. The first kappa shape index (κ1) is 28.1. The topological polar surface area (TPSA) is 121 Å². The van der Waals surface area contributed by atoms with E-state index in [2.05, 4.69) is 27.6 Å². The number of carbonyl (C=O) groups is 2. The van der Waals surface area contributed by atoms with E-state index >= 15 is 0 Å². The van der Waals surface area contributed by atoms with Gasteiger partial charge < -0.3 is 14.2 Å². The Morgan fingerprint density at radius 1 is 1.13 bits per heavy atom. The summed E-state index contributed by atoms with van der Waals surface area (Å²) >= 11 is 3.37. The Bertz CT molecular complexity index is 1490. The molecular formula is C27H22IN3O7S. The Labute approximate surface area is 241 Å². The number of non-ortho nitro benzene ring substituents is 1. The van der Waals surface area contributed by atoms with Gasteiger partial charge in [0.05, 0.1) is 38.9 Å². The zero-order valence-electron chi connectivity index (χ0n) is 21.0. The van der Waals surface area contributed by atoms with Crippen molar-refractivity contribution in [1.82, 2.24) is 4.90 Å². The van der Waals surface area contributed by atoms with Crippen LogP contribution >= 0.6 is 34.4 Å². The summed E-state index contributed by atoms with van der Waals surface area (Å²) < 4.78 is 17.0. The predicted molar refractivity (Wildman–Crippen MR) is 156 cm³/mol. The molecule has 0 N–H and O–H groups in total. The minimum absolute atomic E-state index is 0.0120. The van der Waals surface area contributed by atoms with Crippen LogP contribution in [-0.2, 0) is 16.1 Å². The molecule has 1 aliphatic rings. The minimum Gasteiger partial charge on any atom is -0.493 e. The van der Waals surface area contributed by atoms with Crippen molar-refractivity contribution in [1.29, 1.82) is 0 Å². The van der Waals surface area contributed by atoms with Crippen LogP contribution in [-0.4, -0.2) is 48.1 Å². The Morgan fingerprint density at radius 2 is 1.82 bits per heavy atom. The van der Waals surface area contributed by atoms with E-state index in [0.29, 0.717) is 32.8 Å². The molecule has 0 spiro atoms. The number of hydrogen-bond donors (Lipinski definition) is 0. The van der Waals surface area contributed by atoms with Gasteiger partial charge >= 0.3 is 5.97 Å². The number of nitrogens with zero attached hydrogens (tertiary/aromatic N) is 3. The van der Waals surface area contributed by atoms with Gasteiger partial charge in [-0.1, -0.05) is 0 Å². The van der Waals surface area contributed by atoms with Crippen LogP contribution in [0.5, 0.6) is 11.5 Å². The zero-order chi connectivity index (χ0) is 28.1. The normalized spacial score (nSPS) is 15.1. The van der Waals surface area contributed by atoms with Crippen molar-refractivity contribution in [3.8, 4) is 11.5 Å². The number of methoxy groups -OCH3 is 2. The molecule has 0 saturated carbocycles. The van der Waals surface area contributed by atoms with E-state index in [0.717, 1.165) is 14.7 Å². The number of carbonyl (C=O) groups excluding carboxylic acids is 2. The van der Waals surface area contributed by atoms with Crippen LogP contribution in [0.3, 0.4) is 0 Å². The summed E-state index contributed by atoms with van der Waals surface area (Å²) in [6.45, 7) is 0.199. The summed E-state index contributed by atoms with van der Waals surface area (Å²) in [5.74, 6) is 0.380. The van der Waals surface area contributed by atoms with E-state index in [9.17, 15) is 19.7 Å². The number of benzene rings is 3. The van der Waals surface area contributed by atoms with Crippen LogP contribution in [0.25, 0.3) is 6.08 Å². The maximum Gasteiger partial charge on any atom is 0.337 e. The number of aliphatic imine (C=N–C) groups is 1. The molecule has 3 aromatic rings. The van der Waals surface area contributed by atoms with Crippen molar-refractivity contribution < 1.29 is 28.7 Å². The van der Waals surface area contributed by atoms with Gasteiger partial charge in [-0.3, -0.25) is 19.8 Å². The number of likely N-dealkylation sites (N-methyl/N-ethyl adjacent to an activating group) is 1. The standard InChI is InChI=1S/C27H22IN3O7S/c1-30-25(32)23(39-27(30)29-19-8-6-18(7-9-19)26(33)37-3)14-17-12-21(28)24(22(13-17)36-2)38-15-16-4-10-20(11-5-16)31(34)35/h4-14H,15H2,1-3H3/b23-14-,29-27?. The summed E-state index contributed by atoms with van der Waals surface area (Å²) in [5.41, 5.74) is 2.53. The number of nitro groups is 1. The molecule has 0 unspecified atom stereocenters. The van der Waals surface area contributed by atoms with Crippen LogP contribution in [0.15, 0.2) is 70.6 Å². The molecule has 10 nitrogen and oxygen atoms in total. The van der Waals surface area contributed by atoms with Gasteiger partial charge in [-0.05, 0) is 100 Å². The lowest BCUT2D eigenvalue weighted by Gasteiger charge is -2.14.